The van der Waals surface area contributed by atoms with Gasteiger partial charge >= 0.3 is 0 Å². The van der Waals surface area contributed by atoms with Gasteiger partial charge in [-0.1, -0.05) is 0 Å². The first kappa shape index (κ1) is 13.2. The molecule has 0 aliphatic carbocycles. The summed E-state index contributed by atoms with van der Waals surface area (Å²) in [5.74, 6) is 0. The third-order valence-corrected chi connectivity index (χ3v) is 1.89. The van der Waals surface area contributed by atoms with Crippen molar-refractivity contribution >= 4 is 35.8 Å². The molecule has 2 aromatic rings. The van der Waals surface area contributed by atoms with Crippen molar-refractivity contribution in [2.24, 2.45) is 5.73 Å². The first-order valence-electron chi connectivity index (χ1n) is 4.02. The van der Waals surface area contributed by atoms with E-state index in [-0.39, 0.29) is 24.8 Å². The number of hydrogen-bond acceptors (Lipinski definition) is 2. The maximum atomic E-state index is 5.46. The fourth-order valence-corrected chi connectivity index (χ4v) is 1.34. The van der Waals surface area contributed by atoms with Gasteiger partial charge in [-0.25, -0.2) is 4.98 Å². The van der Waals surface area contributed by atoms with Crippen molar-refractivity contribution in [3.8, 4) is 0 Å². The number of aromatic nitrogens is 2. The Kier molecular flexibility index (Phi) is 5.53. The molecule has 78 valence electrons. The van der Waals surface area contributed by atoms with Crippen molar-refractivity contribution in [2.75, 3.05) is 6.54 Å². The monoisotopic (exact) mass is 233 g/mol. The molecule has 0 atom stereocenters. The Morgan fingerprint density at radius 1 is 1.29 bits per heavy atom. The normalized spacial score (nSPS) is 9.21. The van der Waals surface area contributed by atoms with E-state index in [1.165, 1.54) is 5.39 Å². The van der Waals surface area contributed by atoms with E-state index < -0.39 is 0 Å². The maximum Gasteiger partial charge on any atom is 0.139 e. The molecule has 2 aromatic heterocycles. The summed E-state index contributed by atoms with van der Waals surface area (Å²) in [6, 6.07) is 6.04. The van der Waals surface area contributed by atoms with E-state index in [1.54, 1.807) is 6.20 Å². The van der Waals surface area contributed by atoms with Crippen molar-refractivity contribution in [3.05, 3.63) is 30.6 Å². The predicted molar refractivity (Wildman–Crippen MR) is 63.3 cm³/mol. The van der Waals surface area contributed by atoms with Gasteiger partial charge in [0.05, 0.1) is 0 Å². The lowest BCUT2D eigenvalue weighted by molar-refractivity contribution is 0.728. The molecule has 0 radical (unpaired) electrons. The molecule has 3 nitrogen and oxygen atoms in total. The maximum absolute atomic E-state index is 5.46. The molecule has 0 aliphatic rings. The Labute approximate surface area is 95.1 Å². The Bertz CT molecular complexity index is 386. The molecule has 0 saturated carbocycles. The first-order valence-corrected chi connectivity index (χ1v) is 4.02. The molecular formula is C9H13Cl2N3. The molecule has 0 saturated heterocycles. The highest BCUT2D eigenvalue weighted by Crippen LogP contribution is 2.11. The van der Waals surface area contributed by atoms with Gasteiger partial charge in [-0.05, 0) is 18.2 Å². The van der Waals surface area contributed by atoms with Gasteiger partial charge in [-0.15, -0.1) is 24.8 Å². The number of nitrogens with two attached hydrogens (primary N) is 1. The number of pyridine rings is 1. The van der Waals surface area contributed by atoms with Gasteiger partial charge < -0.3 is 10.3 Å². The van der Waals surface area contributed by atoms with Gasteiger partial charge in [0.25, 0.3) is 0 Å². The van der Waals surface area contributed by atoms with E-state index in [0.29, 0.717) is 6.54 Å². The minimum Gasteiger partial charge on any atom is -0.331 e. The van der Waals surface area contributed by atoms with E-state index in [0.717, 1.165) is 12.2 Å². The average Bonchev–Trinajstić information content (AvgIpc) is 2.50. The van der Waals surface area contributed by atoms with Gasteiger partial charge in [0, 0.05) is 30.9 Å². The molecule has 14 heavy (non-hydrogen) atoms. The molecule has 0 amide bonds. The molecule has 0 fully saturated rings. The van der Waals surface area contributed by atoms with Crippen molar-refractivity contribution in [1.29, 1.82) is 0 Å². The molecule has 0 aromatic carbocycles. The molecule has 2 rings (SSSR count). The second-order valence-electron chi connectivity index (χ2n) is 2.71. The van der Waals surface area contributed by atoms with E-state index >= 15 is 0 Å². The van der Waals surface area contributed by atoms with Crippen LogP contribution in [0.25, 0.3) is 11.0 Å². The third-order valence-electron chi connectivity index (χ3n) is 1.89. The quantitative estimate of drug-likeness (QED) is 0.861. The van der Waals surface area contributed by atoms with Crippen molar-refractivity contribution in [2.45, 2.75) is 6.54 Å². The van der Waals surface area contributed by atoms with Gasteiger partial charge in [-0.3, -0.25) is 0 Å². The number of rotatable bonds is 2. The van der Waals surface area contributed by atoms with Crippen LogP contribution >= 0.6 is 24.8 Å². The SMILES string of the molecule is Cl.Cl.NCCn1ccc2cccnc21. The van der Waals surface area contributed by atoms with Crippen LogP contribution in [0.4, 0.5) is 0 Å². The van der Waals surface area contributed by atoms with E-state index in [9.17, 15) is 0 Å². The van der Waals surface area contributed by atoms with Crippen molar-refractivity contribution in [1.82, 2.24) is 9.55 Å². The molecular weight excluding hydrogens is 221 g/mol. The summed E-state index contributed by atoms with van der Waals surface area (Å²) in [7, 11) is 0. The van der Waals surface area contributed by atoms with Crippen LogP contribution in [0.5, 0.6) is 0 Å². The summed E-state index contributed by atoms with van der Waals surface area (Å²) in [4.78, 5) is 4.27. The average molecular weight is 234 g/mol. The second kappa shape index (κ2) is 5.86. The van der Waals surface area contributed by atoms with Crippen LogP contribution in [-0.2, 0) is 6.54 Å². The Balaban J connectivity index is 0.000000845. The van der Waals surface area contributed by atoms with E-state index in [2.05, 4.69) is 21.7 Å². The molecule has 0 aliphatic heterocycles. The molecule has 2 heterocycles. The van der Waals surface area contributed by atoms with Crippen LogP contribution in [0.15, 0.2) is 30.6 Å². The fourth-order valence-electron chi connectivity index (χ4n) is 1.34. The topological polar surface area (TPSA) is 43.8 Å². The zero-order valence-corrected chi connectivity index (χ0v) is 9.22. The predicted octanol–water partition coefficient (Wildman–Crippen LogP) is 1.84. The number of hydrogen-bond donors (Lipinski definition) is 1. The summed E-state index contributed by atoms with van der Waals surface area (Å²) in [6.45, 7) is 1.49. The first-order chi connectivity index (χ1) is 5.92. The Morgan fingerprint density at radius 3 is 2.79 bits per heavy atom. The largest absolute Gasteiger partial charge is 0.331 e. The standard InChI is InChI=1S/C9H11N3.2ClH/c10-4-7-12-6-3-8-2-1-5-11-9(8)12;;/h1-3,5-6H,4,7,10H2;2*1H. The highest BCUT2D eigenvalue weighted by Gasteiger charge is 1.98. The molecule has 5 heteroatoms. The fraction of sp³-hybridized carbons (Fsp3) is 0.222. The molecule has 2 N–H and O–H groups in total. The van der Waals surface area contributed by atoms with Crippen LogP contribution < -0.4 is 5.73 Å². The molecule has 0 unspecified atom stereocenters. The van der Waals surface area contributed by atoms with Gasteiger partial charge in [0.2, 0.25) is 0 Å². The van der Waals surface area contributed by atoms with E-state index in [4.69, 9.17) is 5.73 Å². The molecule has 0 bridgehead atoms. The summed E-state index contributed by atoms with van der Waals surface area (Å²) >= 11 is 0. The Morgan fingerprint density at radius 2 is 2.07 bits per heavy atom. The van der Waals surface area contributed by atoms with Crippen LogP contribution in [0.2, 0.25) is 0 Å². The van der Waals surface area contributed by atoms with Gasteiger partial charge in [0.15, 0.2) is 0 Å². The van der Waals surface area contributed by atoms with E-state index in [1.807, 2.05) is 12.3 Å². The summed E-state index contributed by atoms with van der Waals surface area (Å²) in [5.41, 5.74) is 6.48. The highest BCUT2D eigenvalue weighted by molar-refractivity contribution is 5.85. The van der Waals surface area contributed by atoms with Gasteiger partial charge in [0.1, 0.15) is 5.65 Å². The number of nitrogens with zero attached hydrogens (tertiary/aromatic N) is 2. The highest BCUT2D eigenvalue weighted by atomic mass is 35.5. The van der Waals surface area contributed by atoms with Crippen molar-refractivity contribution in [3.63, 3.8) is 0 Å². The minimum atomic E-state index is 0. The second-order valence-corrected chi connectivity index (χ2v) is 2.71. The molecule has 0 spiro atoms. The van der Waals surface area contributed by atoms with Gasteiger partial charge in [-0.2, -0.15) is 0 Å². The van der Waals surface area contributed by atoms with Crippen LogP contribution in [0.1, 0.15) is 0 Å². The van der Waals surface area contributed by atoms with Crippen LogP contribution in [-0.4, -0.2) is 16.1 Å². The summed E-state index contributed by atoms with van der Waals surface area (Å²) in [6.07, 6.45) is 3.82. The zero-order valence-electron chi connectivity index (χ0n) is 7.59. The van der Waals surface area contributed by atoms with Crippen molar-refractivity contribution < 1.29 is 0 Å². The van der Waals surface area contributed by atoms with Crippen LogP contribution in [0, 0.1) is 0 Å². The number of fused-ring (bicyclic) bond motifs is 1. The third kappa shape index (κ3) is 2.38. The lowest BCUT2D eigenvalue weighted by Gasteiger charge is -2.00. The number of halogens is 2. The van der Waals surface area contributed by atoms with Crippen LogP contribution in [0.3, 0.4) is 0 Å². The lowest BCUT2D eigenvalue weighted by atomic mass is 10.3. The zero-order chi connectivity index (χ0) is 8.39. The lowest BCUT2D eigenvalue weighted by Crippen LogP contribution is -2.08. The smallest absolute Gasteiger partial charge is 0.139 e. The summed E-state index contributed by atoms with van der Waals surface area (Å²) < 4.78 is 2.06. The Hall–Kier alpha value is -0.770. The minimum absolute atomic E-state index is 0. The summed E-state index contributed by atoms with van der Waals surface area (Å²) in [5, 5.41) is 1.17.